The minimum absolute atomic E-state index is 0.103. The number of likely N-dealkylation sites (N-methyl/N-ethyl adjacent to an activating group) is 1. The van der Waals surface area contributed by atoms with Crippen LogP contribution in [0.1, 0.15) is 12.5 Å². The minimum atomic E-state index is -0.333. The quantitative estimate of drug-likeness (QED) is 0.552. The molecule has 134 valence electrons. The highest BCUT2D eigenvalue weighted by molar-refractivity contribution is 9.11. The lowest BCUT2D eigenvalue weighted by molar-refractivity contribution is -0.122. The predicted molar refractivity (Wildman–Crippen MR) is 110 cm³/mol. The molecule has 1 amide bonds. The number of phenols is 1. The van der Waals surface area contributed by atoms with Gasteiger partial charge in [-0.05, 0) is 98.6 Å². The molecule has 8 heteroatoms. The third-order valence-corrected chi connectivity index (χ3v) is 5.81. The Balaban J connectivity index is 1.95. The van der Waals surface area contributed by atoms with E-state index in [1.165, 1.54) is 23.9 Å². The third kappa shape index (κ3) is 4.02. The van der Waals surface area contributed by atoms with Crippen molar-refractivity contribution in [2.75, 3.05) is 6.54 Å². The van der Waals surface area contributed by atoms with E-state index in [9.17, 15) is 14.3 Å². The van der Waals surface area contributed by atoms with Gasteiger partial charge in [-0.25, -0.2) is 9.38 Å². The normalized spacial score (nSPS) is 17.5. The molecule has 0 bridgehead atoms. The molecule has 0 spiro atoms. The Labute approximate surface area is 171 Å². The van der Waals surface area contributed by atoms with Crippen molar-refractivity contribution in [2.24, 2.45) is 4.99 Å². The average Bonchev–Trinajstić information content (AvgIpc) is 2.89. The van der Waals surface area contributed by atoms with Crippen LogP contribution in [-0.4, -0.2) is 27.6 Å². The van der Waals surface area contributed by atoms with Crippen molar-refractivity contribution in [3.05, 3.63) is 61.6 Å². The molecule has 1 aliphatic rings. The van der Waals surface area contributed by atoms with E-state index in [4.69, 9.17) is 0 Å². The summed E-state index contributed by atoms with van der Waals surface area (Å²) in [6.45, 7) is 2.35. The fourth-order valence-corrected chi connectivity index (χ4v) is 4.60. The van der Waals surface area contributed by atoms with Gasteiger partial charge in [0.05, 0.1) is 19.5 Å². The van der Waals surface area contributed by atoms with Crippen LogP contribution < -0.4 is 0 Å². The summed E-state index contributed by atoms with van der Waals surface area (Å²) in [5.74, 6) is -0.370. The molecule has 2 aromatic carbocycles. The molecule has 26 heavy (non-hydrogen) atoms. The molecule has 0 radical (unpaired) electrons. The van der Waals surface area contributed by atoms with Crippen molar-refractivity contribution < 1.29 is 14.3 Å². The van der Waals surface area contributed by atoms with Crippen molar-refractivity contribution in [3.8, 4) is 5.75 Å². The van der Waals surface area contributed by atoms with Crippen LogP contribution in [0.2, 0.25) is 0 Å². The largest absolute Gasteiger partial charge is 0.506 e. The second kappa shape index (κ2) is 7.94. The number of carbonyl (C=O) groups is 1. The number of amidine groups is 1. The maximum atomic E-state index is 13.1. The average molecular weight is 500 g/mol. The van der Waals surface area contributed by atoms with E-state index in [0.29, 0.717) is 31.3 Å². The zero-order valence-corrected chi connectivity index (χ0v) is 17.5. The summed E-state index contributed by atoms with van der Waals surface area (Å²) < 4.78 is 14.1. The molecule has 1 fully saturated rings. The lowest BCUT2D eigenvalue weighted by Crippen LogP contribution is -2.28. The molecule has 0 unspecified atom stereocenters. The lowest BCUT2D eigenvalue weighted by atomic mass is 10.2. The Morgan fingerprint density at radius 1 is 1.23 bits per heavy atom. The molecule has 1 N–H and O–H groups in total. The molecule has 1 saturated heterocycles. The van der Waals surface area contributed by atoms with Crippen molar-refractivity contribution in [2.45, 2.75) is 6.92 Å². The standard InChI is InChI=1S/C18H13Br2FN2O2S/c1-2-23-17(25)15(9-10-7-13(19)16(24)14(20)8-10)26-18(23)22-12-5-3-11(21)4-6-12/h3-9,24H,2H2,1H3/b15-9+,22-18?. The zero-order chi connectivity index (χ0) is 18.8. The van der Waals surface area contributed by atoms with Gasteiger partial charge >= 0.3 is 0 Å². The first kappa shape index (κ1) is 19.1. The van der Waals surface area contributed by atoms with E-state index < -0.39 is 0 Å². The minimum Gasteiger partial charge on any atom is -0.506 e. The van der Waals surface area contributed by atoms with Crippen LogP contribution in [0.25, 0.3) is 6.08 Å². The first-order chi connectivity index (χ1) is 12.4. The van der Waals surface area contributed by atoms with Gasteiger partial charge in [0.25, 0.3) is 5.91 Å². The van der Waals surface area contributed by atoms with Gasteiger partial charge in [-0.2, -0.15) is 0 Å². The number of amides is 1. The Bertz CT molecular complexity index is 906. The van der Waals surface area contributed by atoms with Crippen molar-refractivity contribution in [1.82, 2.24) is 4.90 Å². The number of thioether (sulfide) groups is 1. The summed E-state index contributed by atoms with van der Waals surface area (Å²) in [6.07, 6.45) is 1.75. The number of nitrogens with zero attached hydrogens (tertiary/aromatic N) is 2. The summed E-state index contributed by atoms with van der Waals surface area (Å²) in [7, 11) is 0. The fourth-order valence-electron chi connectivity index (χ4n) is 2.32. The number of aliphatic imine (C=N–C) groups is 1. The number of rotatable bonds is 3. The number of aromatic hydroxyl groups is 1. The molecule has 0 atom stereocenters. The van der Waals surface area contributed by atoms with Crippen LogP contribution in [0.3, 0.4) is 0 Å². The maximum Gasteiger partial charge on any atom is 0.266 e. The van der Waals surface area contributed by atoms with Gasteiger partial charge in [-0.1, -0.05) is 0 Å². The number of carbonyl (C=O) groups excluding carboxylic acids is 1. The molecule has 1 aliphatic heterocycles. The van der Waals surface area contributed by atoms with Crippen molar-refractivity contribution >= 4 is 66.5 Å². The molecular formula is C18H13Br2FN2O2S. The fraction of sp³-hybridized carbons (Fsp3) is 0.111. The third-order valence-electron chi connectivity index (χ3n) is 3.59. The zero-order valence-electron chi connectivity index (χ0n) is 13.5. The molecule has 2 aromatic rings. The predicted octanol–water partition coefficient (Wildman–Crippen LogP) is 5.68. The van der Waals surface area contributed by atoms with E-state index >= 15 is 0 Å². The monoisotopic (exact) mass is 498 g/mol. The van der Waals surface area contributed by atoms with Gasteiger partial charge < -0.3 is 5.11 Å². The first-order valence-electron chi connectivity index (χ1n) is 7.62. The molecule has 0 aromatic heterocycles. The molecular weight excluding hydrogens is 487 g/mol. The smallest absolute Gasteiger partial charge is 0.266 e. The number of benzene rings is 2. The molecule has 3 rings (SSSR count). The van der Waals surface area contributed by atoms with Gasteiger partial charge in [-0.3, -0.25) is 9.69 Å². The lowest BCUT2D eigenvalue weighted by Gasteiger charge is -2.11. The van der Waals surface area contributed by atoms with E-state index in [-0.39, 0.29) is 17.5 Å². The van der Waals surface area contributed by atoms with Crippen LogP contribution in [0.5, 0.6) is 5.75 Å². The van der Waals surface area contributed by atoms with Gasteiger partial charge in [0, 0.05) is 6.54 Å². The van der Waals surface area contributed by atoms with Crippen LogP contribution in [0.15, 0.2) is 55.2 Å². The summed E-state index contributed by atoms with van der Waals surface area (Å²) >= 11 is 7.83. The van der Waals surface area contributed by atoms with E-state index in [1.54, 1.807) is 35.2 Å². The van der Waals surface area contributed by atoms with Gasteiger partial charge in [0.2, 0.25) is 0 Å². The summed E-state index contributed by atoms with van der Waals surface area (Å²) in [5, 5.41) is 10.4. The van der Waals surface area contributed by atoms with E-state index in [1.807, 2.05) is 6.92 Å². The van der Waals surface area contributed by atoms with Crippen molar-refractivity contribution in [1.29, 1.82) is 0 Å². The number of hydrogen-bond acceptors (Lipinski definition) is 4. The Morgan fingerprint density at radius 2 is 1.85 bits per heavy atom. The number of halogens is 3. The van der Waals surface area contributed by atoms with Crippen LogP contribution in [0, 0.1) is 5.82 Å². The van der Waals surface area contributed by atoms with Crippen LogP contribution >= 0.6 is 43.6 Å². The first-order valence-corrected chi connectivity index (χ1v) is 10.0. The Kier molecular flexibility index (Phi) is 5.84. The van der Waals surface area contributed by atoms with Crippen LogP contribution in [0.4, 0.5) is 10.1 Å². The highest BCUT2D eigenvalue weighted by atomic mass is 79.9. The van der Waals surface area contributed by atoms with E-state index in [0.717, 1.165) is 5.56 Å². The van der Waals surface area contributed by atoms with E-state index in [2.05, 4.69) is 36.9 Å². The summed E-state index contributed by atoms with van der Waals surface area (Å²) in [4.78, 5) is 19.2. The van der Waals surface area contributed by atoms with Gasteiger partial charge in [0.1, 0.15) is 11.6 Å². The second-order valence-corrected chi connectivity index (χ2v) is 8.08. The summed E-state index contributed by atoms with van der Waals surface area (Å²) in [6, 6.07) is 9.26. The Hall–Kier alpha value is -1.64. The maximum absolute atomic E-state index is 13.1. The molecule has 0 aliphatic carbocycles. The highest BCUT2D eigenvalue weighted by Crippen LogP contribution is 2.37. The number of phenolic OH excluding ortho intramolecular Hbond substituents is 1. The second-order valence-electron chi connectivity index (χ2n) is 5.36. The summed E-state index contributed by atoms with van der Waals surface area (Å²) in [5.41, 5.74) is 1.34. The SMILES string of the molecule is CCN1C(=O)/C(=C\c2cc(Br)c(O)c(Br)c2)SC1=Nc1ccc(F)cc1. The number of hydrogen-bond donors (Lipinski definition) is 1. The molecule has 0 saturated carbocycles. The highest BCUT2D eigenvalue weighted by Gasteiger charge is 2.32. The molecule has 4 nitrogen and oxygen atoms in total. The van der Waals surface area contributed by atoms with Crippen LogP contribution in [-0.2, 0) is 4.79 Å². The van der Waals surface area contributed by atoms with Crippen molar-refractivity contribution in [3.63, 3.8) is 0 Å². The molecule has 1 heterocycles. The topological polar surface area (TPSA) is 52.9 Å². The Morgan fingerprint density at radius 3 is 2.42 bits per heavy atom. The van der Waals surface area contributed by atoms with Gasteiger partial charge in [0.15, 0.2) is 5.17 Å². The van der Waals surface area contributed by atoms with Gasteiger partial charge in [-0.15, -0.1) is 0 Å².